The van der Waals surface area contributed by atoms with Crippen molar-refractivity contribution >= 4 is 0 Å². The van der Waals surface area contributed by atoms with Crippen molar-refractivity contribution in [2.24, 2.45) is 5.92 Å². The summed E-state index contributed by atoms with van der Waals surface area (Å²) < 4.78 is 0. The van der Waals surface area contributed by atoms with Gasteiger partial charge in [0.05, 0.1) is 0 Å². The Bertz CT molecular complexity index is 336. The van der Waals surface area contributed by atoms with E-state index in [9.17, 15) is 0 Å². The Kier molecular flexibility index (Phi) is 2.94. The molecule has 2 aliphatic rings. The van der Waals surface area contributed by atoms with Gasteiger partial charge in [0.25, 0.3) is 0 Å². The molecule has 2 fully saturated rings. The molecule has 2 bridgehead atoms. The fourth-order valence-corrected chi connectivity index (χ4v) is 3.07. The highest BCUT2D eigenvalue weighted by Gasteiger charge is 2.33. The van der Waals surface area contributed by atoms with Crippen molar-refractivity contribution in [1.82, 2.24) is 10.2 Å². The molecule has 86 valence electrons. The van der Waals surface area contributed by atoms with Gasteiger partial charge in [0.15, 0.2) is 0 Å². The Hall–Kier alpha value is -0.860. The zero-order chi connectivity index (χ0) is 10.8. The molecule has 2 heterocycles. The summed E-state index contributed by atoms with van der Waals surface area (Å²) in [6.07, 6.45) is 2.73. The molecule has 2 aliphatic heterocycles. The van der Waals surface area contributed by atoms with E-state index in [2.05, 4.69) is 40.5 Å². The summed E-state index contributed by atoms with van der Waals surface area (Å²) in [5.74, 6) is 0.900. The Morgan fingerprint density at radius 1 is 1.12 bits per heavy atom. The minimum atomic E-state index is 0.749. The molecule has 0 aliphatic carbocycles. The first-order valence-corrected chi connectivity index (χ1v) is 6.41. The van der Waals surface area contributed by atoms with Crippen LogP contribution in [0, 0.1) is 5.92 Å². The Morgan fingerprint density at radius 2 is 1.94 bits per heavy atom. The van der Waals surface area contributed by atoms with Gasteiger partial charge >= 0.3 is 0 Å². The zero-order valence-electron chi connectivity index (χ0n) is 9.73. The molecule has 3 unspecified atom stereocenters. The lowest BCUT2D eigenvalue weighted by Crippen LogP contribution is -2.43. The van der Waals surface area contributed by atoms with Crippen LogP contribution in [0.2, 0.25) is 0 Å². The minimum Gasteiger partial charge on any atom is -0.310 e. The van der Waals surface area contributed by atoms with E-state index in [1.807, 2.05) is 0 Å². The Labute approximate surface area is 97.6 Å². The van der Waals surface area contributed by atoms with Crippen LogP contribution < -0.4 is 5.32 Å². The summed E-state index contributed by atoms with van der Waals surface area (Å²) >= 11 is 0. The third-order valence-electron chi connectivity index (χ3n) is 4.05. The molecule has 16 heavy (non-hydrogen) atoms. The lowest BCUT2D eigenvalue weighted by molar-refractivity contribution is 0.220. The Balaban J connectivity index is 1.55. The van der Waals surface area contributed by atoms with E-state index >= 15 is 0 Å². The summed E-state index contributed by atoms with van der Waals surface area (Å²) in [4.78, 5) is 2.60. The zero-order valence-corrected chi connectivity index (χ0v) is 9.73. The number of hydrogen-bond donors (Lipinski definition) is 1. The number of fused-ring (bicyclic) bond motifs is 2. The van der Waals surface area contributed by atoms with E-state index in [0.717, 1.165) is 18.5 Å². The fraction of sp³-hybridized carbons (Fsp3) is 0.571. The molecule has 3 atom stereocenters. The smallest absolute Gasteiger partial charge is 0.0208 e. The highest BCUT2D eigenvalue weighted by Crippen LogP contribution is 2.27. The van der Waals surface area contributed by atoms with Gasteiger partial charge in [-0.05, 0) is 37.4 Å². The number of benzene rings is 1. The molecule has 0 amide bonds. The van der Waals surface area contributed by atoms with E-state index in [1.54, 1.807) is 0 Å². The average Bonchev–Trinajstić information content (AvgIpc) is 2.72. The van der Waals surface area contributed by atoms with E-state index in [-0.39, 0.29) is 0 Å². The van der Waals surface area contributed by atoms with Gasteiger partial charge in [-0.2, -0.15) is 0 Å². The SMILES string of the molecule is c1ccc(CNC2CCN3CCC2C3)cc1. The summed E-state index contributed by atoms with van der Waals surface area (Å²) in [6.45, 7) is 4.98. The first-order chi connectivity index (χ1) is 7.92. The average molecular weight is 216 g/mol. The third kappa shape index (κ3) is 2.13. The molecule has 1 aromatic rings. The second kappa shape index (κ2) is 4.56. The predicted molar refractivity (Wildman–Crippen MR) is 66.2 cm³/mol. The van der Waals surface area contributed by atoms with Gasteiger partial charge in [-0.1, -0.05) is 30.3 Å². The van der Waals surface area contributed by atoms with Crippen LogP contribution in [-0.2, 0) is 6.54 Å². The van der Waals surface area contributed by atoms with Gasteiger partial charge < -0.3 is 10.2 Å². The molecule has 0 aromatic heterocycles. The standard InChI is InChI=1S/C14H20N2/c1-2-4-12(5-3-1)10-15-14-7-9-16-8-6-13(14)11-16/h1-5,13-15H,6-11H2. The molecular weight excluding hydrogens is 196 g/mol. The van der Waals surface area contributed by atoms with Crippen molar-refractivity contribution in [3.63, 3.8) is 0 Å². The first-order valence-electron chi connectivity index (χ1n) is 6.41. The van der Waals surface area contributed by atoms with Crippen molar-refractivity contribution in [1.29, 1.82) is 0 Å². The summed E-state index contributed by atoms with van der Waals surface area (Å²) in [7, 11) is 0. The fourth-order valence-electron chi connectivity index (χ4n) is 3.07. The van der Waals surface area contributed by atoms with Crippen molar-refractivity contribution in [2.45, 2.75) is 25.4 Å². The second-order valence-electron chi connectivity index (χ2n) is 5.11. The maximum absolute atomic E-state index is 3.74. The first kappa shape index (κ1) is 10.3. The van der Waals surface area contributed by atoms with E-state index < -0.39 is 0 Å². The molecule has 2 heteroatoms. The van der Waals surface area contributed by atoms with Crippen LogP contribution in [0.15, 0.2) is 30.3 Å². The largest absolute Gasteiger partial charge is 0.310 e. The maximum Gasteiger partial charge on any atom is 0.0208 e. The number of piperidine rings is 1. The normalized spacial score (nSPS) is 32.9. The third-order valence-corrected chi connectivity index (χ3v) is 4.05. The van der Waals surface area contributed by atoms with Crippen LogP contribution in [0.4, 0.5) is 0 Å². The van der Waals surface area contributed by atoms with Crippen LogP contribution in [-0.4, -0.2) is 30.6 Å². The maximum atomic E-state index is 3.74. The predicted octanol–water partition coefficient (Wildman–Crippen LogP) is 1.87. The molecule has 1 N–H and O–H groups in total. The van der Waals surface area contributed by atoms with Crippen molar-refractivity contribution in [3.05, 3.63) is 35.9 Å². The topological polar surface area (TPSA) is 15.3 Å². The van der Waals surface area contributed by atoms with E-state index in [4.69, 9.17) is 0 Å². The quantitative estimate of drug-likeness (QED) is 0.830. The van der Waals surface area contributed by atoms with Gasteiger partial charge in [0.1, 0.15) is 0 Å². The van der Waals surface area contributed by atoms with E-state index in [1.165, 1.54) is 38.0 Å². The second-order valence-corrected chi connectivity index (χ2v) is 5.11. The van der Waals surface area contributed by atoms with Gasteiger partial charge in [0.2, 0.25) is 0 Å². The van der Waals surface area contributed by atoms with Crippen LogP contribution in [0.1, 0.15) is 18.4 Å². The monoisotopic (exact) mass is 216 g/mol. The molecule has 0 spiro atoms. The van der Waals surface area contributed by atoms with Gasteiger partial charge in [-0.3, -0.25) is 0 Å². The molecule has 0 saturated carbocycles. The number of rotatable bonds is 3. The lowest BCUT2D eigenvalue weighted by Gasteiger charge is -2.31. The highest BCUT2D eigenvalue weighted by molar-refractivity contribution is 5.14. The van der Waals surface area contributed by atoms with Gasteiger partial charge in [-0.15, -0.1) is 0 Å². The Morgan fingerprint density at radius 3 is 2.81 bits per heavy atom. The molecule has 1 aromatic carbocycles. The minimum absolute atomic E-state index is 0.749. The molecule has 3 rings (SSSR count). The van der Waals surface area contributed by atoms with Gasteiger partial charge in [-0.25, -0.2) is 0 Å². The van der Waals surface area contributed by atoms with Crippen LogP contribution in [0.25, 0.3) is 0 Å². The number of hydrogen-bond acceptors (Lipinski definition) is 2. The molecular formula is C14H20N2. The molecule has 2 nitrogen and oxygen atoms in total. The molecule has 2 saturated heterocycles. The highest BCUT2D eigenvalue weighted by atomic mass is 15.2. The van der Waals surface area contributed by atoms with Crippen molar-refractivity contribution in [3.8, 4) is 0 Å². The van der Waals surface area contributed by atoms with Crippen molar-refractivity contribution in [2.75, 3.05) is 19.6 Å². The van der Waals surface area contributed by atoms with Gasteiger partial charge in [0, 0.05) is 19.1 Å². The van der Waals surface area contributed by atoms with Crippen LogP contribution in [0.5, 0.6) is 0 Å². The van der Waals surface area contributed by atoms with E-state index in [0.29, 0.717) is 0 Å². The molecule has 0 radical (unpaired) electrons. The lowest BCUT2D eigenvalue weighted by atomic mass is 9.94. The number of nitrogens with one attached hydrogen (secondary N) is 1. The summed E-state index contributed by atoms with van der Waals surface area (Å²) in [5, 5.41) is 3.74. The number of nitrogens with zero attached hydrogens (tertiary/aromatic N) is 1. The summed E-state index contributed by atoms with van der Waals surface area (Å²) in [6, 6.07) is 11.5. The summed E-state index contributed by atoms with van der Waals surface area (Å²) in [5.41, 5.74) is 1.41. The van der Waals surface area contributed by atoms with Crippen molar-refractivity contribution < 1.29 is 0 Å². The van der Waals surface area contributed by atoms with Crippen LogP contribution in [0.3, 0.4) is 0 Å². The van der Waals surface area contributed by atoms with Crippen LogP contribution >= 0.6 is 0 Å².